The van der Waals surface area contributed by atoms with Gasteiger partial charge in [0.1, 0.15) is 5.75 Å². The Morgan fingerprint density at radius 3 is 2.63 bits per heavy atom. The highest BCUT2D eigenvalue weighted by Crippen LogP contribution is 2.29. The van der Waals surface area contributed by atoms with Crippen LogP contribution in [-0.2, 0) is 4.79 Å². The van der Waals surface area contributed by atoms with Gasteiger partial charge in [0, 0.05) is 22.9 Å². The van der Waals surface area contributed by atoms with E-state index in [-0.39, 0.29) is 18.1 Å². The normalized spacial score (nSPS) is 12.3. The Kier molecular flexibility index (Phi) is 4.02. The van der Waals surface area contributed by atoms with Gasteiger partial charge in [-0.05, 0) is 25.5 Å². The number of amides is 1. The van der Waals surface area contributed by atoms with Gasteiger partial charge >= 0.3 is 0 Å². The van der Waals surface area contributed by atoms with Gasteiger partial charge in [0.25, 0.3) is 0 Å². The molecule has 0 aliphatic rings. The number of aromatic hydroxyl groups is 1. The van der Waals surface area contributed by atoms with Gasteiger partial charge in [0.05, 0.1) is 6.10 Å². The zero-order chi connectivity index (χ0) is 13.8. The molecule has 4 nitrogen and oxygen atoms in total. The van der Waals surface area contributed by atoms with Crippen molar-refractivity contribution in [3.05, 3.63) is 36.4 Å². The lowest BCUT2D eigenvalue weighted by molar-refractivity contribution is -0.116. The summed E-state index contributed by atoms with van der Waals surface area (Å²) >= 11 is 0. The first-order chi connectivity index (χ1) is 9.08. The van der Waals surface area contributed by atoms with E-state index in [9.17, 15) is 9.90 Å². The SMILES string of the molecule is CC(O)CCC(=O)Nc1cccc2c(O)cccc12. The highest BCUT2D eigenvalue weighted by Gasteiger charge is 2.08. The first-order valence-corrected chi connectivity index (χ1v) is 6.26. The number of nitrogens with one attached hydrogen (secondary N) is 1. The van der Waals surface area contributed by atoms with Crippen LogP contribution in [0.3, 0.4) is 0 Å². The second kappa shape index (κ2) is 5.71. The summed E-state index contributed by atoms with van der Waals surface area (Å²) in [5.41, 5.74) is 0.670. The summed E-state index contributed by atoms with van der Waals surface area (Å²) in [4.78, 5) is 11.8. The molecule has 0 saturated carbocycles. The van der Waals surface area contributed by atoms with Crippen LogP contribution in [0.5, 0.6) is 5.75 Å². The van der Waals surface area contributed by atoms with Crippen LogP contribution in [-0.4, -0.2) is 22.2 Å². The van der Waals surface area contributed by atoms with E-state index in [1.807, 2.05) is 6.07 Å². The standard InChI is InChI=1S/C15H17NO3/c1-10(17)8-9-15(19)16-13-6-2-5-12-11(13)4-3-7-14(12)18/h2-7,10,17-18H,8-9H2,1H3,(H,16,19). The van der Waals surface area contributed by atoms with Crippen molar-refractivity contribution in [2.45, 2.75) is 25.9 Å². The van der Waals surface area contributed by atoms with Crippen molar-refractivity contribution in [1.29, 1.82) is 0 Å². The topological polar surface area (TPSA) is 69.6 Å². The van der Waals surface area contributed by atoms with Crippen LogP contribution in [0.4, 0.5) is 5.69 Å². The number of phenols is 1. The quantitative estimate of drug-likeness (QED) is 0.790. The number of aliphatic hydroxyl groups excluding tert-OH is 1. The molecule has 0 aliphatic carbocycles. The first-order valence-electron chi connectivity index (χ1n) is 6.26. The maximum atomic E-state index is 11.8. The third-order valence-electron chi connectivity index (χ3n) is 2.96. The largest absolute Gasteiger partial charge is 0.507 e. The molecule has 1 unspecified atom stereocenters. The number of hydrogen-bond donors (Lipinski definition) is 3. The Morgan fingerprint density at radius 1 is 1.21 bits per heavy atom. The lowest BCUT2D eigenvalue weighted by Gasteiger charge is -2.10. The molecule has 0 aromatic heterocycles. The molecule has 3 N–H and O–H groups in total. The van der Waals surface area contributed by atoms with Gasteiger partial charge < -0.3 is 15.5 Å². The third kappa shape index (κ3) is 3.23. The van der Waals surface area contributed by atoms with E-state index in [4.69, 9.17) is 5.11 Å². The average Bonchev–Trinajstić information content (AvgIpc) is 2.38. The van der Waals surface area contributed by atoms with Crippen molar-refractivity contribution in [3.8, 4) is 5.75 Å². The van der Waals surface area contributed by atoms with Crippen LogP contribution in [0.1, 0.15) is 19.8 Å². The molecule has 0 saturated heterocycles. The highest BCUT2D eigenvalue weighted by atomic mass is 16.3. The minimum atomic E-state index is -0.484. The highest BCUT2D eigenvalue weighted by molar-refractivity contribution is 6.03. The lowest BCUT2D eigenvalue weighted by atomic mass is 10.1. The van der Waals surface area contributed by atoms with E-state index in [1.165, 1.54) is 0 Å². The molecule has 4 heteroatoms. The minimum absolute atomic E-state index is 0.142. The van der Waals surface area contributed by atoms with Crippen LogP contribution >= 0.6 is 0 Å². The van der Waals surface area contributed by atoms with Crippen LogP contribution < -0.4 is 5.32 Å². The lowest BCUT2D eigenvalue weighted by Crippen LogP contribution is -2.14. The van der Waals surface area contributed by atoms with E-state index in [1.54, 1.807) is 37.3 Å². The fourth-order valence-electron chi connectivity index (χ4n) is 1.96. The summed E-state index contributed by atoms with van der Waals surface area (Å²) in [5.74, 6) is 0.0503. The molecule has 0 fully saturated rings. The van der Waals surface area contributed by atoms with E-state index < -0.39 is 6.10 Å². The zero-order valence-corrected chi connectivity index (χ0v) is 10.8. The van der Waals surface area contributed by atoms with E-state index in [2.05, 4.69) is 5.32 Å². The number of carbonyl (C=O) groups is 1. The second-order valence-electron chi connectivity index (χ2n) is 4.61. The summed E-state index contributed by atoms with van der Waals surface area (Å²) in [7, 11) is 0. The molecule has 0 spiro atoms. The number of benzene rings is 2. The number of aliphatic hydroxyl groups is 1. The maximum Gasteiger partial charge on any atom is 0.224 e. The van der Waals surface area contributed by atoms with Gasteiger partial charge in [-0.25, -0.2) is 0 Å². The molecule has 19 heavy (non-hydrogen) atoms. The number of anilines is 1. The number of fused-ring (bicyclic) bond motifs is 1. The molecule has 0 aliphatic heterocycles. The van der Waals surface area contributed by atoms with Crippen LogP contribution in [0.2, 0.25) is 0 Å². The van der Waals surface area contributed by atoms with Crippen molar-refractivity contribution in [2.75, 3.05) is 5.32 Å². The Morgan fingerprint density at radius 2 is 1.89 bits per heavy atom. The first kappa shape index (κ1) is 13.4. The monoisotopic (exact) mass is 259 g/mol. The molecule has 2 aromatic rings. The Labute approximate surface area is 111 Å². The van der Waals surface area contributed by atoms with Crippen molar-refractivity contribution < 1.29 is 15.0 Å². The van der Waals surface area contributed by atoms with Crippen molar-refractivity contribution >= 4 is 22.4 Å². The van der Waals surface area contributed by atoms with Gasteiger partial charge in [0.2, 0.25) is 5.91 Å². The summed E-state index contributed by atoms with van der Waals surface area (Å²) in [6.45, 7) is 1.66. The number of hydrogen-bond acceptors (Lipinski definition) is 3. The molecule has 2 aromatic carbocycles. The molecule has 2 rings (SSSR count). The summed E-state index contributed by atoms with van der Waals surface area (Å²) in [6, 6.07) is 10.6. The van der Waals surface area contributed by atoms with E-state index in [0.29, 0.717) is 17.5 Å². The fourth-order valence-corrected chi connectivity index (χ4v) is 1.96. The van der Waals surface area contributed by atoms with E-state index >= 15 is 0 Å². The molecule has 1 atom stereocenters. The third-order valence-corrected chi connectivity index (χ3v) is 2.96. The van der Waals surface area contributed by atoms with E-state index in [0.717, 1.165) is 5.39 Å². The molecule has 0 radical (unpaired) electrons. The minimum Gasteiger partial charge on any atom is -0.507 e. The van der Waals surface area contributed by atoms with Crippen molar-refractivity contribution in [3.63, 3.8) is 0 Å². The maximum absolute atomic E-state index is 11.8. The number of rotatable bonds is 4. The molecular weight excluding hydrogens is 242 g/mol. The molecule has 1 amide bonds. The van der Waals surface area contributed by atoms with Gasteiger partial charge in [-0.1, -0.05) is 24.3 Å². The molecular formula is C15H17NO3. The van der Waals surface area contributed by atoms with Gasteiger partial charge in [0.15, 0.2) is 0 Å². The fraction of sp³-hybridized carbons (Fsp3) is 0.267. The molecule has 0 heterocycles. The molecule has 100 valence electrons. The van der Waals surface area contributed by atoms with Gasteiger partial charge in [-0.2, -0.15) is 0 Å². The van der Waals surface area contributed by atoms with Crippen molar-refractivity contribution in [1.82, 2.24) is 0 Å². The Bertz CT molecular complexity index is 593. The van der Waals surface area contributed by atoms with Crippen LogP contribution in [0.25, 0.3) is 10.8 Å². The predicted molar refractivity (Wildman–Crippen MR) is 75.2 cm³/mol. The summed E-state index contributed by atoms with van der Waals surface area (Å²) < 4.78 is 0. The average molecular weight is 259 g/mol. The Balaban J connectivity index is 2.21. The Hall–Kier alpha value is -2.07. The summed E-state index contributed by atoms with van der Waals surface area (Å²) in [5, 5.41) is 23.2. The molecule has 0 bridgehead atoms. The summed E-state index contributed by atoms with van der Waals surface area (Å²) in [6.07, 6.45) is 0.219. The van der Waals surface area contributed by atoms with Gasteiger partial charge in [-0.15, -0.1) is 0 Å². The van der Waals surface area contributed by atoms with Crippen molar-refractivity contribution in [2.24, 2.45) is 0 Å². The predicted octanol–water partition coefficient (Wildman–Crippen LogP) is 2.64. The van der Waals surface area contributed by atoms with Crippen LogP contribution in [0, 0.1) is 0 Å². The second-order valence-corrected chi connectivity index (χ2v) is 4.61. The number of carbonyl (C=O) groups excluding carboxylic acids is 1. The van der Waals surface area contributed by atoms with Gasteiger partial charge in [-0.3, -0.25) is 4.79 Å². The van der Waals surface area contributed by atoms with Crippen LogP contribution in [0.15, 0.2) is 36.4 Å². The smallest absolute Gasteiger partial charge is 0.224 e. The zero-order valence-electron chi connectivity index (χ0n) is 10.8. The number of phenolic OH excluding ortho intramolecular Hbond substituents is 1.